The summed E-state index contributed by atoms with van der Waals surface area (Å²) in [6.45, 7) is 1.17. The lowest BCUT2D eigenvalue weighted by atomic mass is 9.85. The van der Waals surface area contributed by atoms with Gasteiger partial charge in [0.2, 0.25) is 0 Å². The van der Waals surface area contributed by atoms with E-state index in [1.165, 1.54) is 0 Å². The van der Waals surface area contributed by atoms with Gasteiger partial charge < -0.3 is 14.4 Å². The van der Waals surface area contributed by atoms with Gasteiger partial charge in [0.05, 0.1) is 29.9 Å². The lowest BCUT2D eigenvalue weighted by Gasteiger charge is -2.37. The van der Waals surface area contributed by atoms with Crippen LogP contribution in [0.4, 0.5) is 0 Å². The van der Waals surface area contributed by atoms with Gasteiger partial charge in [-0.05, 0) is 6.42 Å². The van der Waals surface area contributed by atoms with Crippen molar-refractivity contribution in [2.45, 2.75) is 24.4 Å². The van der Waals surface area contributed by atoms with Gasteiger partial charge in [-0.3, -0.25) is 10.1 Å². The van der Waals surface area contributed by atoms with Crippen LogP contribution in [0.2, 0.25) is 0 Å². The minimum atomic E-state index is -0.826. The Labute approximate surface area is 98.6 Å². The Morgan fingerprint density at radius 1 is 1.76 bits per heavy atom. The molecule has 0 saturated carbocycles. The lowest BCUT2D eigenvalue weighted by molar-refractivity contribution is -0.140. The number of rotatable bonds is 1. The SMILES string of the molecule is Cn1cnc2c1C1(CCOC1)NC(C(=O)O)C2. The monoisotopic (exact) mass is 237 g/mol. The number of fused-ring (bicyclic) bond motifs is 2. The molecule has 2 unspecified atom stereocenters. The molecule has 0 amide bonds. The highest BCUT2D eigenvalue weighted by Gasteiger charge is 2.47. The maximum Gasteiger partial charge on any atom is 0.321 e. The summed E-state index contributed by atoms with van der Waals surface area (Å²) in [5.74, 6) is -0.826. The highest BCUT2D eigenvalue weighted by Crippen LogP contribution is 2.36. The Hall–Kier alpha value is -1.40. The third kappa shape index (κ3) is 1.48. The lowest BCUT2D eigenvalue weighted by Crippen LogP contribution is -2.56. The number of carboxylic acids is 1. The fraction of sp³-hybridized carbons (Fsp3) is 0.636. The summed E-state index contributed by atoms with van der Waals surface area (Å²) in [6, 6.07) is -0.570. The van der Waals surface area contributed by atoms with Crippen molar-refractivity contribution in [1.29, 1.82) is 0 Å². The molecule has 1 fully saturated rings. The van der Waals surface area contributed by atoms with Crippen molar-refractivity contribution in [1.82, 2.24) is 14.9 Å². The first-order chi connectivity index (χ1) is 8.12. The number of carboxylic acid groups (broad SMARTS) is 1. The molecule has 1 saturated heterocycles. The van der Waals surface area contributed by atoms with Gasteiger partial charge in [-0.25, -0.2) is 4.98 Å². The van der Waals surface area contributed by atoms with E-state index in [1.54, 1.807) is 6.33 Å². The molecular formula is C11H15N3O3. The molecule has 2 atom stereocenters. The Bertz CT molecular complexity index is 463. The van der Waals surface area contributed by atoms with Crippen LogP contribution in [0.25, 0.3) is 0 Å². The first-order valence-corrected chi connectivity index (χ1v) is 5.71. The zero-order valence-corrected chi connectivity index (χ0v) is 9.64. The maximum absolute atomic E-state index is 11.2. The zero-order chi connectivity index (χ0) is 12.0. The van der Waals surface area contributed by atoms with Crippen LogP contribution in [0.5, 0.6) is 0 Å². The van der Waals surface area contributed by atoms with Gasteiger partial charge in [0, 0.05) is 20.1 Å². The predicted molar refractivity (Wildman–Crippen MR) is 58.6 cm³/mol. The highest BCUT2D eigenvalue weighted by molar-refractivity contribution is 5.74. The van der Waals surface area contributed by atoms with Crippen molar-refractivity contribution in [2.24, 2.45) is 7.05 Å². The van der Waals surface area contributed by atoms with Crippen LogP contribution in [0.3, 0.4) is 0 Å². The fourth-order valence-electron chi connectivity index (χ4n) is 2.90. The van der Waals surface area contributed by atoms with Crippen molar-refractivity contribution >= 4 is 5.97 Å². The van der Waals surface area contributed by atoms with E-state index in [-0.39, 0.29) is 5.54 Å². The summed E-state index contributed by atoms with van der Waals surface area (Å²) >= 11 is 0. The zero-order valence-electron chi connectivity index (χ0n) is 9.64. The van der Waals surface area contributed by atoms with Crippen LogP contribution < -0.4 is 5.32 Å². The molecule has 0 bridgehead atoms. The summed E-state index contributed by atoms with van der Waals surface area (Å²) in [5, 5.41) is 12.4. The summed E-state index contributed by atoms with van der Waals surface area (Å²) in [4.78, 5) is 15.5. The van der Waals surface area contributed by atoms with Crippen LogP contribution in [-0.4, -0.2) is 39.9 Å². The quantitative estimate of drug-likeness (QED) is 0.697. The molecule has 3 heterocycles. The van der Waals surface area contributed by atoms with Crippen molar-refractivity contribution in [2.75, 3.05) is 13.2 Å². The number of nitrogens with one attached hydrogen (secondary N) is 1. The molecule has 1 aromatic heterocycles. The van der Waals surface area contributed by atoms with Crippen molar-refractivity contribution in [3.63, 3.8) is 0 Å². The van der Waals surface area contributed by atoms with E-state index in [0.717, 1.165) is 17.8 Å². The molecule has 0 radical (unpaired) electrons. The highest BCUT2D eigenvalue weighted by atomic mass is 16.5. The number of ether oxygens (including phenoxy) is 1. The van der Waals surface area contributed by atoms with Gasteiger partial charge in [0.15, 0.2) is 0 Å². The molecule has 2 aliphatic rings. The first kappa shape index (κ1) is 10.7. The molecule has 2 aliphatic heterocycles. The van der Waals surface area contributed by atoms with Gasteiger partial charge in [-0.15, -0.1) is 0 Å². The summed E-state index contributed by atoms with van der Waals surface area (Å²) < 4.78 is 7.42. The number of aryl methyl sites for hydroxylation is 1. The van der Waals surface area contributed by atoms with E-state index < -0.39 is 12.0 Å². The predicted octanol–water partition coefficient (Wildman–Crippen LogP) is -0.365. The number of aromatic nitrogens is 2. The molecular weight excluding hydrogens is 222 g/mol. The Morgan fingerprint density at radius 2 is 2.59 bits per heavy atom. The molecule has 1 aromatic rings. The van der Waals surface area contributed by atoms with Gasteiger partial charge in [-0.2, -0.15) is 0 Å². The molecule has 1 spiro atoms. The van der Waals surface area contributed by atoms with Gasteiger partial charge in [0.1, 0.15) is 6.04 Å². The maximum atomic E-state index is 11.2. The summed E-state index contributed by atoms with van der Waals surface area (Å²) in [6.07, 6.45) is 2.98. The molecule has 6 nitrogen and oxygen atoms in total. The average Bonchev–Trinajstić information content (AvgIpc) is 2.87. The van der Waals surface area contributed by atoms with Crippen LogP contribution in [0, 0.1) is 0 Å². The largest absolute Gasteiger partial charge is 0.480 e. The van der Waals surface area contributed by atoms with E-state index in [1.807, 2.05) is 11.6 Å². The van der Waals surface area contributed by atoms with Crippen molar-refractivity contribution < 1.29 is 14.6 Å². The van der Waals surface area contributed by atoms with E-state index >= 15 is 0 Å². The smallest absolute Gasteiger partial charge is 0.321 e. The standard InChI is InChI=1S/C11H15N3O3/c1-14-6-12-7-4-8(10(15)16)13-11(9(7)14)2-3-17-5-11/h6,8,13H,2-5H2,1H3,(H,15,16). The number of carbonyl (C=O) groups is 1. The average molecular weight is 237 g/mol. The minimum Gasteiger partial charge on any atom is -0.480 e. The first-order valence-electron chi connectivity index (χ1n) is 5.71. The Balaban J connectivity index is 2.08. The fourth-order valence-corrected chi connectivity index (χ4v) is 2.90. The van der Waals surface area contributed by atoms with Gasteiger partial charge in [-0.1, -0.05) is 0 Å². The number of hydrogen-bond acceptors (Lipinski definition) is 4. The second-order valence-corrected chi connectivity index (χ2v) is 4.77. The van der Waals surface area contributed by atoms with Crippen LogP contribution in [0.1, 0.15) is 17.8 Å². The van der Waals surface area contributed by atoms with Crippen LogP contribution >= 0.6 is 0 Å². The van der Waals surface area contributed by atoms with E-state index in [4.69, 9.17) is 4.74 Å². The topological polar surface area (TPSA) is 76.4 Å². The van der Waals surface area contributed by atoms with E-state index in [0.29, 0.717) is 19.6 Å². The number of hydrogen-bond donors (Lipinski definition) is 2. The second kappa shape index (κ2) is 3.54. The van der Waals surface area contributed by atoms with Gasteiger partial charge >= 0.3 is 5.97 Å². The number of imidazole rings is 1. The summed E-state index contributed by atoms with van der Waals surface area (Å²) in [5.41, 5.74) is 1.58. The van der Waals surface area contributed by atoms with Crippen molar-refractivity contribution in [3.8, 4) is 0 Å². The summed E-state index contributed by atoms with van der Waals surface area (Å²) in [7, 11) is 1.94. The van der Waals surface area contributed by atoms with Crippen molar-refractivity contribution in [3.05, 3.63) is 17.7 Å². The minimum absolute atomic E-state index is 0.373. The molecule has 17 heavy (non-hydrogen) atoms. The molecule has 3 rings (SSSR count). The van der Waals surface area contributed by atoms with E-state index in [9.17, 15) is 9.90 Å². The van der Waals surface area contributed by atoms with Crippen LogP contribution in [0.15, 0.2) is 6.33 Å². The second-order valence-electron chi connectivity index (χ2n) is 4.77. The Morgan fingerprint density at radius 3 is 3.24 bits per heavy atom. The van der Waals surface area contributed by atoms with Crippen LogP contribution in [-0.2, 0) is 28.5 Å². The van der Waals surface area contributed by atoms with Gasteiger partial charge in [0.25, 0.3) is 0 Å². The third-order valence-corrected chi connectivity index (χ3v) is 3.63. The normalized spacial score (nSPS) is 31.7. The molecule has 2 N–H and O–H groups in total. The molecule has 92 valence electrons. The number of nitrogens with zero attached hydrogens (tertiary/aromatic N) is 2. The third-order valence-electron chi connectivity index (χ3n) is 3.63. The Kier molecular flexibility index (Phi) is 2.24. The molecule has 6 heteroatoms. The number of aliphatic carboxylic acids is 1. The molecule has 0 aromatic carbocycles. The molecule has 0 aliphatic carbocycles. The van der Waals surface area contributed by atoms with E-state index in [2.05, 4.69) is 10.3 Å².